The molecule has 2 saturated heterocycles. The van der Waals surface area contributed by atoms with E-state index in [0.717, 1.165) is 39.8 Å². The van der Waals surface area contributed by atoms with Crippen LogP contribution >= 0.6 is 11.3 Å². The van der Waals surface area contributed by atoms with E-state index in [9.17, 15) is 14.9 Å². The third-order valence-corrected chi connectivity index (χ3v) is 7.48. The Bertz CT molecular complexity index is 1150. The molecule has 3 aromatic rings. The van der Waals surface area contributed by atoms with E-state index >= 15 is 0 Å². The molecular formula is C25H26N4O4S. The fourth-order valence-corrected chi connectivity index (χ4v) is 5.62. The summed E-state index contributed by atoms with van der Waals surface area (Å²) in [5.74, 6) is 0.0602. The molecule has 176 valence electrons. The van der Waals surface area contributed by atoms with E-state index in [1.165, 1.54) is 12.1 Å². The van der Waals surface area contributed by atoms with E-state index in [0.29, 0.717) is 39.4 Å². The van der Waals surface area contributed by atoms with Gasteiger partial charge in [0.05, 0.1) is 28.0 Å². The van der Waals surface area contributed by atoms with Gasteiger partial charge in [0, 0.05) is 62.7 Å². The first-order valence-electron chi connectivity index (χ1n) is 11.4. The van der Waals surface area contributed by atoms with Gasteiger partial charge >= 0.3 is 0 Å². The van der Waals surface area contributed by atoms with Gasteiger partial charge in [0.25, 0.3) is 11.6 Å². The smallest absolute Gasteiger partial charge is 0.269 e. The van der Waals surface area contributed by atoms with E-state index in [-0.39, 0.29) is 11.6 Å². The maximum absolute atomic E-state index is 13.4. The molecule has 0 aliphatic carbocycles. The van der Waals surface area contributed by atoms with Crippen LogP contribution < -0.4 is 9.80 Å². The number of benzene rings is 2. The molecule has 2 aliphatic heterocycles. The van der Waals surface area contributed by atoms with Crippen LogP contribution in [0.1, 0.15) is 9.67 Å². The lowest BCUT2D eigenvalue weighted by molar-refractivity contribution is -0.384. The number of nitro benzene ring substituents is 1. The highest BCUT2D eigenvalue weighted by Crippen LogP contribution is 2.40. The van der Waals surface area contributed by atoms with Crippen molar-refractivity contribution < 1.29 is 14.5 Å². The van der Waals surface area contributed by atoms with Crippen LogP contribution in [0.3, 0.4) is 0 Å². The minimum atomic E-state index is -0.393. The van der Waals surface area contributed by atoms with Crippen molar-refractivity contribution in [2.24, 2.45) is 0 Å². The number of thiophene rings is 1. The molecule has 8 nitrogen and oxygen atoms in total. The van der Waals surface area contributed by atoms with Crippen LogP contribution in [0.2, 0.25) is 0 Å². The lowest BCUT2D eigenvalue weighted by Gasteiger charge is -2.36. The number of anilines is 2. The van der Waals surface area contributed by atoms with Crippen molar-refractivity contribution in [2.45, 2.75) is 0 Å². The molecule has 0 N–H and O–H groups in total. The molecule has 9 heteroatoms. The van der Waals surface area contributed by atoms with Crippen molar-refractivity contribution in [2.75, 3.05) is 62.3 Å². The van der Waals surface area contributed by atoms with Gasteiger partial charge in [-0.3, -0.25) is 14.9 Å². The maximum Gasteiger partial charge on any atom is 0.269 e. The summed E-state index contributed by atoms with van der Waals surface area (Å²) < 4.78 is 5.53. The van der Waals surface area contributed by atoms with Gasteiger partial charge < -0.3 is 19.4 Å². The van der Waals surface area contributed by atoms with Gasteiger partial charge in [0.2, 0.25) is 0 Å². The largest absolute Gasteiger partial charge is 0.378 e. The summed E-state index contributed by atoms with van der Waals surface area (Å²) >= 11 is 1.57. The number of nitrogens with zero attached hydrogens (tertiary/aromatic N) is 4. The minimum Gasteiger partial charge on any atom is -0.378 e. The summed E-state index contributed by atoms with van der Waals surface area (Å²) in [5, 5.41) is 12.0. The summed E-state index contributed by atoms with van der Waals surface area (Å²) in [6.45, 7) is 5.64. The standard InChI is InChI=1S/C25H26N4O4S/c30-24(27-12-10-26(11-13-27)20-6-8-21(9-7-20)29(31)32)23-18-22(19-4-2-1-3-5-19)25(34-23)28-14-16-33-17-15-28/h1-9,18H,10-17H2. The van der Waals surface area contributed by atoms with Gasteiger partial charge in [-0.05, 0) is 23.8 Å². The quantitative estimate of drug-likeness (QED) is 0.405. The van der Waals surface area contributed by atoms with E-state index in [2.05, 4.69) is 21.9 Å². The zero-order chi connectivity index (χ0) is 23.5. The number of carbonyl (C=O) groups is 1. The highest BCUT2D eigenvalue weighted by molar-refractivity contribution is 7.18. The second-order valence-corrected chi connectivity index (χ2v) is 9.38. The molecule has 0 spiro atoms. The molecule has 3 heterocycles. The SMILES string of the molecule is O=C(c1cc(-c2ccccc2)c(N2CCOCC2)s1)N1CCN(c2ccc([N+](=O)[O-])cc2)CC1. The van der Waals surface area contributed by atoms with Gasteiger partial charge in [-0.15, -0.1) is 11.3 Å². The molecule has 1 amide bonds. The fraction of sp³-hybridized carbons (Fsp3) is 0.320. The predicted octanol–water partition coefficient (Wildman–Crippen LogP) is 4.12. The molecular weight excluding hydrogens is 452 g/mol. The molecule has 2 aromatic carbocycles. The number of ether oxygens (including phenoxy) is 1. The zero-order valence-corrected chi connectivity index (χ0v) is 19.6. The Morgan fingerprint density at radius 3 is 2.21 bits per heavy atom. The summed E-state index contributed by atoms with van der Waals surface area (Å²) in [5.41, 5.74) is 3.23. The van der Waals surface area contributed by atoms with Crippen molar-refractivity contribution in [1.29, 1.82) is 0 Å². The Balaban J connectivity index is 1.32. The van der Waals surface area contributed by atoms with E-state index < -0.39 is 4.92 Å². The first-order chi connectivity index (χ1) is 16.6. The highest BCUT2D eigenvalue weighted by Gasteiger charge is 2.27. The molecule has 0 atom stereocenters. The summed E-state index contributed by atoms with van der Waals surface area (Å²) in [6, 6.07) is 18.9. The van der Waals surface area contributed by atoms with Crippen LogP contribution in [0.15, 0.2) is 60.7 Å². The lowest BCUT2D eigenvalue weighted by atomic mass is 10.1. The number of amides is 1. The number of carbonyl (C=O) groups excluding carboxylic acids is 1. The van der Waals surface area contributed by atoms with Crippen LogP contribution in [-0.4, -0.2) is 68.2 Å². The normalized spacial score (nSPS) is 16.5. The second kappa shape index (κ2) is 9.82. The minimum absolute atomic E-state index is 0.0602. The molecule has 0 unspecified atom stereocenters. The van der Waals surface area contributed by atoms with Crippen LogP contribution in [0.25, 0.3) is 11.1 Å². The van der Waals surface area contributed by atoms with Crippen LogP contribution in [-0.2, 0) is 4.74 Å². The monoisotopic (exact) mass is 478 g/mol. The number of morpholine rings is 1. The first-order valence-corrected chi connectivity index (χ1v) is 12.2. The average Bonchev–Trinajstić information content (AvgIpc) is 3.35. The number of nitro groups is 1. The zero-order valence-electron chi connectivity index (χ0n) is 18.8. The first kappa shape index (κ1) is 22.4. The molecule has 34 heavy (non-hydrogen) atoms. The van der Waals surface area contributed by atoms with Gasteiger partial charge in [-0.1, -0.05) is 30.3 Å². The third kappa shape index (κ3) is 4.62. The lowest BCUT2D eigenvalue weighted by Crippen LogP contribution is -2.48. The average molecular weight is 479 g/mol. The van der Waals surface area contributed by atoms with Gasteiger partial charge in [0.15, 0.2) is 0 Å². The van der Waals surface area contributed by atoms with Crippen molar-refractivity contribution in [3.8, 4) is 11.1 Å². The summed E-state index contributed by atoms with van der Waals surface area (Å²) in [4.78, 5) is 31.1. The topological polar surface area (TPSA) is 79.2 Å². The van der Waals surface area contributed by atoms with Gasteiger partial charge in [-0.25, -0.2) is 0 Å². The number of hydrogen-bond acceptors (Lipinski definition) is 7. The second-order valence-electron chi connectivity index (χ2n) is 8.35. The number of rotatable bonds is 5. The van der Waals surface area contributed by atoms with E-state index in [4.69, 9.17) is 4.74 Å². The Morgan fingerprint density at radius 2 is 1.56 bits per heavy atom. The van der Waals surface area contributed by atoms with Crippen molar-refractivity contribution >= 4 is 33.6 Å². The van der Waals surface area contributed by atoms with Crippen LogP contribution in [0.5, 0.6) is 0 Å². The number of non-ortho nitro benzene ring substituents is 1. The molecule has 2 aliphatic rings. The summed E-state index contributed by atoms with van der Waals surface area (Å²) in [7, 11) is 0. The van der Waals surface area contributed by atoms with Gasteiger partial charge in [0.1, 0.15) is 0 Å². The Hall–Kier alpha value is -3.43. The number of piperazine rings is 1. The third-order valence-electron chi connectivity index (χ3n) is 6.30. The van der Waals surface area contributed by atoms with Crippen molar-refractivity contribution in [3.63, 3.8) is 0 Å². The Labute approximate surface area is 202 Å². The molecule has 2 fully saturated rings. The molecule has 0 saturated carbocycles. The molecule has 5 rings (SSSR count). The molecule has 0 bridgehead atoms. The van der Waals surface area contributed by atoms with Crippen LogP contribution in [0, 0.1) is 10.1 Å². The van der Waals surface area contributed by atoms with Crippen LogP contribution in [0.4, 0.5) is 16.4 Å². The van der Waals surface area contributed by atoms with Gasteiger partial charge in [-0.2, -0.15) is 0 Å². The Morgan fingerprint density at radius 1 is 0.882 bits per heavy atom. The van der Waals surface area contributed by atoms with Crippen molar-refractivity contribution in [1.82, 2.24) is 4.90 Å². The molecule has 1 aromatic heterocycles. The predicted molar refractivity (Wildman–Crippen MR) is 134 cm³/mol. The van der Waals surface area contributed by atoms with E-state index in [1.807, 2.05) is 29.2 Å². The fourth-order valence-electron chi connectivity index (χ4n) is 4.42. The number of hydrogen-bond donors (Lipinski definition) is 0. The Kier molecular flexibility index (Phi) is 6.46. The highest BCUT2D eigenvalue weighted by atomic mass is 32.1. The summed E-state index contributed by atoms with van der Waals surface area (Å²) in [6.07, 6.45) is 0. The maximum atomic E-state index is 13.4. The van der Waals surface area contributed by atoms with Crippen molar-refractivity contribution in [3.05, 3.63) is 75.7 Å². The molecule has 0 radical (unpaired) electrons. The van der Waals surface area contributed by atoms with E-state index in [1.54, 1.807) is 23.5 Å².